The number of rotatable bonds is 3. The molecule has 1 fully saturated rings. The molecule has 6 nitrogen and oxygen atoms in total. The SMILES string of the molecule is CC(C)[C@]1(C(=O)O)CC[C@@H](c2nc(Br)c3c(N)ncc(Cl)n23)C1. The molecule has 8 heteroatoms. The van der Waals surface area contributed by atoms with Crippen LogP contribution in [0.15, 0.2) is 10.8 Å². The zero-order valence-electron chi connectivity index (χ0n) is 12.9. The summed E-state index contributed by atoms with van der Waals surface area (Å²) in [4.78, 5) is 20.5. The molecule has 0 unspecified atom stereocenters. The van der Waals surface area contributed by atoms with Gasteiger partial charge in [-0.25, -0.2) is 9.97 Å². The molecule has 0 aliphatic heterocycles. The highest BCUT2D eigenvalue weighted by molar-refractivity contribution is 9.10. The lowest BCUT2D eigenvalue weighted by molar-refractivity contribution is -0.151. The van der Waals surface area contributed by atoms with Crippen LogP contribution in [0.25, 0.3) is 5.52 Å². The first-order valence-electron chi connectivity index (χ1n) is 7.49. The van der Waals surface area contributed by atoms with Gasteiger partial charge in [0, 0.05) is 5.92 Å². The molecule has 2 atom stereocenters. The second kappa shape index (κ2) is 5.63. The first-order valence-corrected chi connectivity index (χ1v) is 8.66. The first-order chi connectivity index (χ1) is 10.8. The minimum atomic E-state index is -0.734. The van der Waals surface area contributed by atoms with Crippen molar-refractivity contribution < 1.29 is 9.90 Å². The fraction of sp³-hybridized carbons (Fsp3) is 0.533. The van der Waals surface area contributed by atoms with E-state index in [1.165, 1.54) is 6.20 Å². The summed E-state index contributed by atoms with van der Waals surface area (Å²) in [6.07, 6.45) is 3.43. The lowest BCUT2D eigenvalue weighted by Gasteiger charge is -2.28. The number of nitrogens with two attached hydrogens (primary N) is 1. The summed E-state index contributed by atoms with van der Waals surface area (Å²) < 4.78 is 2.36. The average Bonchev–Trinajstić information content (AvgIpc) is 3.06. The van der Waals surface area contributed by atoms with Crippen LogP contribution >= 0.6 is 27.5 Å². The third-order valence-corrected chi connectivity index (χ3v) is 5.89. The average molecular weight is 402 g/mol. The van der Waals surface area contributed by atoms with Crippen LogP contribution in [0.1, 0.15) is 44.9 Å². The Morgan fingerprint density at radius 2 is 2.30 bits per heavy atom. The number of aromatic nitrogens is 3. The van der Waals surface area contributed by atoms with E-state index in [9.17, 15) is 9.90 Å². The molecule has 3 rings (SSSR count). The Balaban J connectivity index is 2.10. The molecule has 2 aromatic heterocycles. The van der Waals surface area contributed by atoms with Crippen molar-refractivity contribution in [2.24, 2.45) is 11.3 Å². The summed E-state index contributed by atoms with van der Waals surface area (Å²) in [6, 6.07) is 0. The lowest BCUT2D eigenvalue weighted by atomic mass is 9.75. The predicted molar refractivity (Wildman–Crippen MR) is 91.6 cm³/mol. The zero-order valence-corrected chi connectivity index (χ0v) is 15.2. The van der Waals surface area contributed by atoms with E-state index < -0.39 is 11.4 Å². The van der Waals surface area contributed by atoms with E-state index in [4.69, 9.17) is 17.3 Å². The molecular formula is C15H18BrClN4O2. The molecule has 124 valence electrons. The summed E-state index contributed by atoms with van der Waals surface area (Å²) in [7, 11) is 0. The van der Waals surface area contributed by atoms with Gasteiger partial charge in [-0.1, -0.05) is 25.4 Å². The summed E-state index contributed by atoms with van der Waals surface area (Å²) in [5.41, 5.74) is 5.85. The van der Waals surface area contributed by atoms with Gasteiger partial charge >= 0.3 is 5.97 Å². The fourth-order valence-corrected chi connectivity index (χ4v) is 4.41. The molecule has 2 aromatic rings. The van der Waals surface area contributed by atoms with Gasteiger partial charge in [-0.2, -0.15) is 0 Å². The molecule has 0 saturated heterocycles. The minimum Gasteiger partial charge on any atom is -0.481 e. The number of hydrogen-bond donors (Lipinski definition) is 2. The monoisotopic (exact) mass is 400 g/mol. The van der Waals surface area contributed by atoms with E-state index in [-0.39, 0.29) is 11.8 Å². The van der Waals surface area contributed by atoms with Crippen LogP contribution in [0.2, 0.25) is 5.15 Å². The van der Waals surface area contributed by atoms with Gasteiger partial charge in [0.25, 0.3) is 0 Å². The quantitative estimate of drug-likeness (QED) is 0.817. The second-order valence-corrected chi connectivity index (χ2v) is 7.61. The van der Waals surface area contributed by atoms with Gasteiger partial charge in [0.15, 0.2) is 5.82 Å². The molecule has 1 aliphatic carbocycles. The van der Waals surface area contributed by atoms with E-state index in [0.717, 1.165) is 12.2 Å². The summed E-state index contributed by atoms with van der Waals surface area (Å²) in [6.45, 7) is 3.93. The Kier molecular flexibility index (Phi) is 4.04. The molecule has 1 aliphatic rings. The van der Waals surface area contributed by atoms with Crippen LogP contribution in [-0.2, 0) is 4.79 Å². The van der Waals surface area contributed by atoms with E-state index in [1.807, 2.05) is 13.8 Å². The number of hydrogen-bond acceptors (Lipinski definition) is 4. The van der Waals surface area contributed by atoms with Crippen molar-refractivity contribution in [1.82, 2.24) is 14.4 Å². The second-order valence-electron chi connectivity index (χ2n) is 6.47. The highest BCUT2D eigenvalue weighted by atomic mass is 79.9. The van der Waals surface area contributed by atoms with E-state index in [0.29, 0.717) is 33.9 Å². The Hall–Kier alpha value is -1.34. The molecule has 3 N–H and O–H groups in total. The number of carbonyl (C=O) groups is 1. The summed E-state index contributed by atoms with van der Waals surface area (Å²) in [5, 5.41) is 10.1. The normalized spacial score (nSPS) is 24.7. The van der Waals surface area contributed by atoms with Gasteiger partial charge in [0.05, 0.1) is 11.6 Å². The van der Waals surface area contributed by atoms with Crippen molar-refractivity contribution in [3.8, 4) is 0 Å². The van der Waals surface area contributed by atoms with E-state index in [2.05, 4.69) is 25.9 Å². The van der Waals surface area contributed by atoms with Crippen LogP contribution < -0.4 is 5.73 Å². The molecule has 0 spiro atoms. The van der Waals surface area contributed by atoms with E-state index in [1.54, 1.807) is 4.40 Å². The maximum atomic E-state index is 11.8. The van der Waals surface area contributed by atoms with Crippen molar-refractivity contribution in [3.63, 3.8) is 0 Å². The van der Waals surface area contributed by atoms with Crippen molar-refractivity contribution in [2.45, 2.75) is 39.0 Å². The third-order valence-electron chi connectivity index (χ3n) is 5.07. The molecule has 0 bridgehead atoms. The number of nitrogens with zero attached hydrogens (tertiary/aromatic N) is 3. The van der Waals surface area contributed by atoms with Gasteiger partial charge in [0.2, 0.25) is 0 Å². The van der Waals surface area contributed by atoms with Crippen molar-refractivity contribution >= 4 is 44.8 Å². The van der Waals surface area contributed by atoms with Gasteiger partial charge < -0.3 is 10.8 Å². The van der Waals surface area contributed by atoms with Crippen molar-refractivity contribution in [1.29, 1.82) is 0 Å². The van der Waals surface area contributed by atoms with Crippen molar-refractivity contribution in [2.75, 3.05) is 5.73 Å². The minimum absolute atomic E-state index is 0.0200. The number of carboxylic acid groups (broad SMARTS) is 1. The molecule has 23 heavy (non-hydrogen) atoms. The number of anilines is 1. The Morgan fingerprint density at radius 3 is 2.87 bits per heavy atom. The smallest absolute Gasteiger partial charge is 0.309 e. The third kappa shape index (κ3) is 2.41. The topological polar surface area (TPSA) is 93.5 Å². The van der Waals surface area contributed by atoms with Crippen LogP contribution in [0.5, 0.6) is 0 Å². The van der Waals surface area contributed by atoms with Crippen LogP contribution in [0.4, 0.5) is 5.82 Å². The van der Waals surface area contributed by atoms with Crippen LogP contribution in [0, 0.1) is 11.3 Å². The molecule has 0 amide bonds. The first kappa shape index (κ1) is 16.5. The largest absolute Gasteiger partial charge is 0.481 e. The predicted octanol–water partition coefficient (Wildman–Crippen LogP) is 3.72. The maximum absolute atomic E-state index is 11.8. The number of imidazole rings is 1. The number of nitrogen functional groups attached to an aromatic ring is 1. The number of aliphatic carboxylic acids is 1. The van der Waals surface area contributed by atoms with Crippen molar-refractivity contribution in [3.05, 3.63) is 21.8 Å². The fourth-order valence-electron chi connectivity index (χ4n) is 3.62. The Morgan fingerprint density at radius 1 is 1.61 bits per heavy atom. The highest BCUT2D eigenvalue weighted by Crippen LogP contribution is 2.51. The van der Waals surface area contributed by atoms with Gasteiger partial charge in [-0.05, 0) is 41.1 Å². The number of halogens is 2. The molecule has 0 aromatic carbocycles. The summed E-state index contributed by atoms with van der Waals surface area (Å²) in [5.74, 6) is 0.428. The van der Waals surface area contributed by atoms with Crippen LogP contribution in [0.3, 0.4) is 0 Å². The van der Waals surface area contributed by atoms with E-state index >= 15 is 0 Å². The summed E-state index contributed by atoms with van der Waals surface area (Å²) >= 11 is 9.70. The Bertz CT molecular complexity index is 791. The zero-order chi connectivity index (χ0) is 16.9. The highest BCUT2D eigenvalue weighted by Gasteiger charge is 2.49. The lowest BCUT2D eigenvalue weighted by Crippen LogP contribution is -2.33. The number of carboxylic acids is 1. The number of fused-ring (bicyclic) bond motifs is 1. The maximum Gasteiger partial charge on any atom is 0.309 e. The molecule has 1 saturated carbocycles. The molecule has 2 heterocycles. The molecular weight excluding hydrogens is 384 g/mol. The van der Waals surface area contributed by atoms with Gasteiger partial charge in [0.1, 0.15) is 21.1 Å². The van der Waals surface area contributed by atoms with Crippen LogP contribution in [-0.4, -0.2) is 25.4 Å². The van der Waals surface area contributed by atoms with Gasteiger partial charge in [-0.3, -0.25) is 9.20 Å². The Labute approximate surface area is 147 Å². The standard InChI is InChI=1S/C15H18BrClN4O2/c1-7(2)15(14(22)23)4-3-8(5-15)13-20-11(16)10-12(18)19-6-9(17)21(10)13/h6-8H,3-5H2,1-2H3,(H2,18,19)(H,22,23)/t8-,15+/m1/s1. The van der Waals surface area contributed by atoms with Gasteiger partial charge in [-0.15, -0.1) is 0 Å². The molecule has 0 radical (unpaired) electrons.